The van der Waals surface area contributed by atoms with Crippen LogP contribution in [0.5, 0.6) is 11.5 Å². The number of ether oxygens (including phenoxy) is 1. The van der Waals surface area contributed by atoms with Crippen LogP contribution in [-0.2, 0) is 6.42 Å². The van der Waals surface area contributed by atoms with Gasteiger partial charge in [0.25, 0.3) is 0 Å². The highest BCUT2D eigenvalue weighted by atomic mass is 16.5. The smallest absolute Gasteiger partial charge is 0.164 e. The lowest BCUT2D eigenvalue weighted by molar-refractivity contribution is 0.456. The van der Waals surface area contributed by atoms with E-state index < -0.39 is 0 Å². The third-order valence-corrected chi connectivity index (χ3v) is 12.1. The van der Waals surface area contributed by atoms with Crippen LogP contribution >= 0.6 is 0 Å². The van der Waals surface area contributed by atoms with Gasteiger partial charge in [-0.2, -0.15) is 0 Å². The van der Waals surface area contributed by atoms with E-state index in [0.717, 1.165) is 74.1 Å². The number of hydrogen-bond acceptors (Lipinski definition) is 4. The minimum atomic E-state index is 0.242. The van der Waals surface area contributed by atoms with Crippen LogP contribution < -0.4 is 4.74 Å². The number of benzene rings is 8. The minimum Gasteiger partial charge on any atom is -0.457 e. The van der Waals surface area contributed by atoms with E-state index >= 15 is 0 Å². The first-order valence-corrected chi connectivity index (χ1v) is 20.3. The number of fused-ring (bicyclic) bond motifs is 10. The van der Waals surface area contributed by atoms with Gasteiger partial charge in [0.2, 0.25) is 0 Å². The van der Waals surface area contributed by atoms with Crippen molar-refractivity contribution in [1.29, 1.82) is 0 Å². The molecule has 59 heavy (non-hydrogen) atoms. The van der Waals surface area contributed by atoms with Crippen molar-refractivity contribution in [2.75, 3.05) is 0 Å². The van der Waals surface area contributed by atoms with E-state index in [2.05, 4.69) is 156 Å². The average molecular weight is 757 g/mol. The zero-order valence-electron chi connectivity index (χ0n) is 32.1. The highest BCUT2D eigenvalue weighted by Crippen LogP contribution is 2.50. The first-order chi connectivity index (χ1) is 29.2. The molecule has 1 aliphatic carbocycles. The predicted molar refractivity (Wildman–Crippen MR) is 238 cm³/mol. The number of nitrogens with zero attached hydrogens (tertiary/aromatic N) is 4. The maximum Gasteiger partial charge on any atom is 0.164 e. The molecule has 0 radical (unpaired) electrons. The monoisotopic (exact) mass is 756 g/mol. The van der Waals surface area contributed by atoms with Gasteiger partial charge >= 0.3 is 0 Å². The van der Waals surface area contributed by atoms with Gasteiger partial charge in [-0.1, -0.05) is 140 Å². The van der Waals surface area contributed by atoms with E-state index in [9.17, 15) is 0 Å². The molecule has 2 aromatic heterocycles. The Morgan fingerprint density at radius 2 is 1.07 bits per heavy atom. The molecule has 1 aliphatic heterocycles. The van der Waals surface area contributed by atoms with Gasteiger partial charge in [-0.25, -0.2) is 15.0 Å². The summed E-state index contributed by atoms with van der Waals surface area (Å²) in [5, 5.41) is 2.23. The summed E-state index contributed by atoms with van der Waals surface area (Å²) >= 11 is 0. The molecule has 5 heteroatoms. The summed E-state index contributed by atoms with van der Waals surface area (Å²) < 4.78 is 9.01. The number of para-hydroxylation sites is 2. The molecular formula is C54H36N4O. The van der Waals surface area contributed by atoms with Crippen LogP contribution in [0, 0.1) is 0 Å². The Hall–Kier alpha value is -7.63. The van der Waals surface area contributed by atoms with E-state index in [0.29, 0.717) is 17.5 Å². The van der Waals surface area contributed by atoms with Crippen molar-refractivity contribution in [3.63, 3.8) is 0 Å². The maximum atomic E-state index is 6.64. The molecule has 0 spiro atoms. The second-order valence-corrected chi connectivity index (χ2v) is 15.5. The number of aromatic nitrogens is 4. The standard InChI is InChI=1S/C54H36N4O/c1-4-14-34(15-5-1)52-55-53(35-16-6-2-7-17-35)57-54(56-52)44-22-12-23-48-51(44)46-33-37(27-31-47(46)58(48)38-18-8-3-9-19-38)36-26-28-41-40-29-30-43-39(45(41)32-36)21-13-25-50(43)59-49-24-11-10-20-42(40)49/h1-28,31-33,40H,29-30H2. The van der Waals surface area contributed by atoms with Crippen molar-refractivity contribution in [2.24, 2.45) is 0 Å². The Morgan fingerprint density at radius 1 is 0.441 bits per heavy atom. The highest BCUT2D eigenvalue weighted by molar-refractivity contribution is 6.16. The molecule has 12 rings (SSSR count). The molecule has 0 saturated carbocycles. The molecule has 8 aromatic carbocycles. The Morgan fingerprint density at radius 3 is 1.85 bits per heavy atom. The van der Waals surface area contributed by atoms with E-state index in [4.69, 9.17) is 19.7 Å². The van der Waals surface area contributed by atoms with Crippen molar-refractivity contribution in [1.82, 2.24) is 19.5 Å². The summed E-state index contributed by atoms with van der Waals surface area (Å²) in [4.78, 5) is 15.4. The molecule has 0 saturated heterocycles. The first-order valence-electron chi connectivity index (χ1n) is 20.3. The first kappa shape index (κ1) is 33.5. The van der Waals surface area contributed by atoms with Crippen LogP contribution in [0.2, 0.25) is 0 Å². The van der Waals surface area contributed by atoms with Crippen LogP contribution in [0.3, 0.4) is 0 Å². The SMILES string of the molecule is c1ccc(-c2nc(-c3ccccc3)nc(-c3cccc4c3c3cc(-c5ccc6c(c5)-c5cccc7c5CCC6c5ccccc5O7)ccc3n4-c3ccccc3)n2)cc1. The Kier molecular flexibility index (Phi) is 7.67. The van der Waals surface area contributed by atoms with E-state index in [1.165, 1.54) is 33.4 Å². The topological polar surface area (TPSA) is 52.8 Å². The van der Waals surface area contributed by atoms with Crippen LogP contribution in [-0.4, -0.2) is 19.5 Å². The van der Waals surface area contributed by atoms with Crippen LogP contribution in [0.25, 0.3) is 83.9 Å². The molecular weight excluding hydrogens is 721 g/mol. The van der Waals surface area contributed by atoms with Crippen LogP contribution in [0.1, 0.15) is 29.0 Å². The Labute approximate surface area is 341 Å². The summed E-state index contributed by atoms with van der Waals surface area (Å²) in [7, 11) is 0. The second kappa shape index (κ2) is 13.5. The molecule has 10 aromatic rings. The van der Waals surface area contributed by atoms with Crippen molar-refractivity contribution in [2.45, 2.75) is 18.8 Å². The maximum absolute atomic E-state index is 6.64. The van der Waals surface area contributed by atoms with Gasteiger partial charge in [0, 0.05) is 50.2 Å². The zero-order valence-corrected chi connectivity index (χ0v) is 32.1. The molecule has 1 unspecified atom stereocenters. The summed E-state index contributed by atoms with van der Waals surface area (Å²) in [5.41, 5.74) is 14.9. The van der Waals surface area contributed by atoms with Gasteiger partial charge in [-0.05, 0) is 89.2 Å². The molecule has 2 bridgehead atoms. The van der Waals surface area contributed by atoms with Crippen molar-refractivity contribution < 1.29 is 4.74 Å². The number of rotatable bonds is 5. The van der Waals surface area contributed by atoms with Gasteiger partial charge in [0.05, 0.1) is 11.0 Å². The second-order valence-electron chi connectivity index (χ2n) is 15.5. The van der Waals surface area contributed by atoms with Gasteiger partial charge in [0.15, 0.2) is 17.5 Å². The van der Waals surface area contributed by atoms with Gasteiger partial charge in [-0.3, -0.25) is 0 Å². The molecule has 0 fully saturated rings. The molecule has 0 N–H and O–H groups in total. The summed E-state index contributed by atoms with van der Waals surface area (Å²) in [5.74, 6) is 4.07. The highest BCUT2D eigenvalue weighted by Gasteiger charge is 2.30. The molecule has 1 atom stereocenters. The Bertz CT molecular complexity index is 3190. The van der Waals surface area contributed by atoms with Gasteiger partial charge in [0.1, 0.15) is 11.5 Å². The summed E-state index contributed by atoms with van der Waals surface area (Å²) in [6.07, 6.45) is 2.01. The lowest BCUT2D eigenvalue weighted by atomic mass is 9.84. The summed E-state index contributed by atoms with van der Waals surface area (Å²) in [6, 6.07) is 66.5. The van der Waals surface area contributed by atoms with Crippen molar-refractivity contribution in [3.05, 3.63) is 205 Å². The average Bonchev–Trinajstić information content (AvgIpc) is 3.54. The summed E-state index contributed by atoms with van der Waals surface area (Å²) in [6.45, 7) is 0. The molecule has 3 heterocycles. The largest absolute Gasteiger partial charge is 0.457 e. The fraction of sp³-hybridized carbons (Fsp3) is 0.0556. The van der Waals surface area contributed by atoms with E-state index in [1.807, 2.05) is 36.4 Å². The van der Waals surface area contributed by atoms with Crippen molar-refractivity contribution in [3.8, 4) is 73.6 Å². The van der Waals surface area contributed by atoms with Gasteiger partial charge < -0.3 is 9.30 Å². The predicted octanol–water partition coefficient (Wildman–Crippen LogP) is 13.5. The van der Waals surface area contributed by atoms with Crippen LogP contribution in [0.15, 0.2) is 188 Å². The van der Waals surface area contributed by atoms with Gasteiger partial charge in [-0.15, -0.1) is 0 Å². The van der Waals surface area contributed by atoms with Crippen LogP contribution in [0.4, 0.5) is 0 Å². The fourth-order valence-electron chi connectivity index (χ4n) is 9.41. The zero-order chi connectivity index (χ0) is 38.9. The normalized spacial score (nSPS) is 13.9. The van der Waals surface area contributed by atoms with E-state index in [-0.39, 0.29) is 5.92 Å². The Balaban J connectivity index is 1.09. The third kappa shape index (κ3) is 5.50. The number of hydrogen-bond donors (Lipinski definition) is 0. The lowest BCUT2D eigenvalue weighted by Gasteiger charge is -2.23. The molecule has 2 aliphatic rings. The third-order valence-electron chi connectivity index (χ3n) is 12.1. The molecule has 0 amide bonds. The molecule has 5 nitrogen and oxygen atoms in total. The lowest BCUT2D eigenvalue weighted by Crippen LogP contribution is -2.06. The quantitative estimate of drug-likeness (QED) is 0.175. The molecule has 278 valence electrons. The van der Waals surface area contributed by atoms with E-state index in [1.54, 1.807) is 0 Å². The van der Waals surface area contributed by atoms with Crippen molar-refractivity contribution >= 4 is 21.8 Å². The fourth-order valence-corrected chi connectivity index (χ4v) is 9.41. The minimum absolute atomic E-state index is 0.242.